The van der Waals surface area contributed by atoms with Crippen LogP contribution < -0.4 is 5.32 Å². The lowest BCUT2D eigenvalue weighted by Gasteiger charge is -2.30. The van der Waals surface area contributed by atoms with Gasteiger partial charge in [-0.3, -0.25) is 0 Å². The van der Waals surface area contributed by atoms with Gasteiger partial charge in [-0.2, -0.15) is 0 Å². The van der Waals surface area contributed by atoms with Crippen LogP contribution in [0.4, 0.5) is 0 Å². The van der Waals surface area contributed by atoms with E-state index in [1.165, 1.54) is 6.07 Å². The number of aliphatic hydroxyl groups excluding tert-OH is 2. The van der Waals surface area contributed by atoms with Crippen molar-refractivity contribution in [3.05, 3.63) is 28.8 Å². The lowest BCUT2D eigenvalue weighted by Crippen LogP contribution is -2.50. The van der Waals surface area contributed by atoms with Gasteiger partial charge in [0.05, 0.1) is 18.8 Å². The molecule has 1 aromatic rings. The molecule has 0 radical (unpaired) electrons. The summed E-state index contributed by atoms with van der Waals surface area (Å²) in [5, 5.41) is 31.7. The zero-order valence-electron chi connectivity index (χ0n) is 9.78. The Morgan fingerprint density at radius 1 is 1.29 bits per heavy atom. The summed E-state index contributed by atoms with van der Waals surface area (Å²) in [5.74, 6) is 0.141. The Kier molecular flexibility index (Phi) is 5.21. The fourth-order valence-electron chi connectivity index (χ4n) is 1.49. The molecule has 0 atom stereocenters. The van der Waals surface area contributed by atoms with Gasteiger partial charge in [0.25, 0.3) is 0 Å². The highest BCUT2D eigenvalue weighted by atomic mass is 35.5. The summed E-state index contributed by atoms with van der Waals surface area (Å²) < 4.78 is 0. The Morgan fingerprint density at radius 2 is 1.94 bits per heavy atom. The molecule has 0 heterocycles. The van der Waals surface area contributed by atoms with Crippen molar-refractivity contribution in [2.75, 3.05) is 13.2 Å². The summed E-state index contributed by atoms with van der Waals surface area (Å²) in [4.78, 5) is 0. The second kappa shape index (κ2) is 6.21. The van der Waals surface area contributed by atoms with Gasteiger partial charge in [0.1, 0.15) is 5.75 Å². The normalized spacial score (nSPS) is 11.8. The molecule has 0 aliphatic rings. The van der Waals surface area contributed by atoms with Crippen LogP contribution in [0.25, 0.3) is 0 Å². The summed E-state index contributed by atoms with van der Waals surface area (Å²) >= 11 is 5.83. The number of aromatic hydroxyl groups is 1. The molecule has 0 unspecified atom stereocenters. The van der Waals surface area contributed by atoms with Crippen LogP contribution in [0.3, 0.4) is 0 Å². The molecular formula is C12H18ClNO3. The number of rotatable bonds is 6. The molecule has 0 bridgehead atoms. The zero-order chi connectivity index (χ0) is 12.9. The average molecular weight is 260 g/mol. The molecule has 96 valence electrons. The van der Waals surface area contributed by atoms with Crippen LogP contribution in [0.15, 0.2) is 18.2 Å². The minimum Gasteiger partial charge on any atom is -0.508 e. The number of hydrogen-bond donors (Lipinski definition) is 4. The van der Waals surface area contributed by atoms with Crippen molar-refractivity contribution in [2.24, 2.45) is 0 Å². The first kappa shape index (κ1) is 14.3. The molecule has 0 saturated heterocycles. The van der Waals surface area contributed by atoms with Crippen molar-refractivity contribution < 1.29 is 15.3 Å². The quantitative estimate of drug-likeness (QED) is 0.621. The Hall–Kier alpha value is -0.810. The molecular weight excluding hydrogens is 242 g/mol. The number of phenols is 1. The van der Waals surface area contributed by atoms with Crippen molar-refractivity contribution in [1.29, 1.82) is 0 Å². The van der Waals surface area contributed by atoms with Gasteiger partial charge in [-0.1, -0.05) is 18.5 Å². The fraction of sp³-hybridized carbons (Fsp3) is 0.500. The number of nitrogens with one attached hydrogen (secondary N) is 1. The van der Waals surface area contributed by atoms with Crippen LogP contribution in [0.5, 0.6) is 5.75 Å². The van der Waals surface area contributed by atoms with Gasteiger partial charge < -0.3 is 20.6 Å². The minimum atomic E-state index is -0.727. The molecule has 1 aromatic carbocycles. The van der Waals surface area contributed by atoms with Crippen LogP contribution >= 0.6 is 11.6 Å². The summed E-state index contributed by atoms with van der Waals surface area (Å²) in [5.41, 5.74) is -0.0911. The van der Waals surface area contributed by atoms with E-state index >= 15 is 0 Å². The van der Waals surface area contributed by atoms with Crippen LogP contribution in [0, 0.1) is 0 Å². The average Bonchev–Trinajstić information content (AvgIpc) is 2.35. The third kappa shape index (κ3) is 3.57. The van der Waals surface area contributed by atoms with Crippen molar-refractivity contribution >= 4 is 11.6 Å². The van der Waals surface area contributed by atoms with E-state index in [1.54, 1.807) is 12.1 Å². The molecule has 5 heteroatoms. The van der Waals surface area contributed by atoms with Crippen LogP contribution in [-0.2, 0) is 6.54 Å². The molecule has 0 amide bonds. The van der Waals surface area contributed by atoms with Crippen LogP contribution in [0.1, 0.15) is 18.9 Å². The number of halogens is 1. The lowest BCUT2D eigenvalue weighted by atomic mass is 9.98. The van der Waals surface area contributed by atoms with E-state index in [1.807, 2.05) is 6.92 Å². The fourth-order valence-corrected chi connectivity index (χ4v) is 1.68. The minimum absolute atomic E-state index is 0.141. The molecule has 0 aliphatic heterocycles. The highest BCUT2D eigenvalue weighted by Crippen LogP contribution is 2.22. The Bertz CT molecular complexity index is 359. The highest BCUT2D eigenvalue weighted by molar-refractivity contribution is 6.30. The smallest absolute Gasteiger partial charge is 0.120 e. The van der Waals surface area contributed by atoms with Crippen LogP contribution in [0.2, 0.25) is 5.02 Å². The predicted molar refractivity (Wildman–Crippen MR) is 67.2 cm³/mol. The van der Waals surface area contributed by atoms with E-state index in [4.69, 9.17) is 11.6 Å². The summed E-state index contributed by atoms with van der Waals surface area (Å²) in [6.45, 7) is 1.88. The largest absolute Gasteiger partial charge is 0.508 e. The summed E-state index contributed by atoms with van der Waals surface area (Å²) in [7, 11) is 0. The SMILES string of the molecule is CCC(CO)(CO)NCc1cc(Cl)ccc1O. The first-order valence-corrected chi connectivity index (χ1v) is 5.89. The van der Waals surface area contributed by atoms with Gasteiger partial charge in [0.15, 0.2) is 0 Å². The number of aliphatic hydroxyl groups is 2. The molecule has 0 aromatic heterocycles. The highest BCUT2D eigenvalue weighted by Gasteiger charge is 2.25. The van der Waals surface area contributed by atoms with Crippen molar-refractivity contribution in [1.82, 2.24) is 5.32 Å². The number of benzene rings is 1. The molecule has 0 spiro atoms. The van der Waals surface area contributed by atoms with Crippen LogP contribution in [-0.4, -0.2) is 34.1 Å². The van der Waals surface area contributed by atoms with Crippen molar-refractivity contribution in [3.63, 3.8) is 0 Å². The van der Waals surface area contributed by atoms with Crippen molar-refractivity contribution in [2.45, 2.75) is 25.4 Å². The Labute approximate surface area is 106 Å². The molecule has 0 aliphatic carbocycles. The van der Waals surface area contributed by atoms with Gasteiger partial charge in [-0.25, -0.2) is 0 Å². The number of hydrogen-bond acceptors (Lipinski definition) is 4. The zero-order valence-corrected chi connectivity index (χ0v) is 10.5. The van der Waals surface area contributed by atoms with E-state index < -0.39 is 5.54 Å². The molecule has 0 saturated carbocycles. The monoisotopic (exact) mass is 259 g/mol. The van der Waals surface area contributed by atoms with Crippen molar-refractivity contribution in [3.8, 4) is 5.75 Å². The topological polar surface area (TPSA) is 72.7 Å². The van der Waals surface area contributed by atoms with Gasteiger partial charge in [0.2, 0.25) is 0 Å². The maximum atomic E-state index is 9.63. The third-order valence-electron chi connectivity index (χ3n) is 2.98. The molecule has 4 N–H and O–H groups in total. The number of phenolic OH excluding ortho intramolecular Hbond substituents is 1. The Morgan fingerprint density at radius 3 is 2.47 bits per heavy atom. The molecule has 0 fully saturated rings. The van der Waals surface area contributed by atoms with E-state index in [0.29, 0.717) is 23.6 Å². The van der Waals surface area contributed by atoms with E-state index in [-0.39, 0.29) is 19.0 Å². The van der Waals surface area contributed by atoms with E-state index in [0.717, 1.165) is 0 Å². The molecule has 1 rings (SSSR count). The van der Waals surface area contributed by atoms with Gasteiger partial charge in [-0.05, 0) is 24.6 Å². The van der Waals surface area contributed by atoms with E-state index in [2.05, 4.69) is 5.32 Å². The van der Waals surface area contributed by atoms with Gasteiger partial charge >= 0.3 is 0 Å². The maximum absolute atomic E-state index is 9.63. The lowest BCUT2D eigenvalue weighted by molar-refractivity contribution is 0.0862. The standard InChI is InChI=1S/C12H18ClNO3/c1-2-12(7-15,8-16)14-6-9-5-10(13)3-4-11(9)17/h3-5,14-17H,2,6-8H2,1H3. The first-order valence-electron chi connectivity index (χ1n) is 5.51. The molecule has 4 nitrogen and oxygen atoms in total. The Balaban J connectivity index is 2.75. The maximum Gasteiger partial charge on any atom is 0.120 e. The molecule has 17 heavy (non-hydrogen) atoms. The third-order valence-corrected chi connectivity index (χ3v) is 3.21. The predicted octanol–water partition coefficient (Wildman–Crippen LogP) is 1.27. The summed E-state index contributed by atoms with van der Waals surface area (Å²) in [6.07, 6.45) is 0.585. The van der Waals surface area contributed by atoms with Gasteiger partial charge in [0, 0.05) is 17.1 Å². The van der Waals surface area contributed by atoms with Gasteiger partial charge in [-0.15, -0.1) is 0 Å². The first-order chi connectivity index (χ1) is 8.06. The summed E-state index contributed by atoms with van der Waals surface area (Å²) in [6, 6.07) is 4.77. The second-order valence-corrected chi connectivity index (χ2v) is 4.51. The van der Waals surface area contributed by atoms with E-state index in [9.17, 15) is 15.3 Å². The second-order valence-electron chi connectivity index (χ2n) is 4.08.